The predicted octanol–water partition coefficient (Wildman–Crippen LogP) is 5.00. The fraction of sp³-hybridized carbons (Fsp3) is 0.0556. The Labute approximate surface area is 121 Å². The van der Waals surface area contributed by atoms with E-state index in [1.807, 2.05) is 43.3 Å². The Morgan fingerprint density at radius 2 is 1.48 bits per heavy atom. The summed E-state index contributed by atoms with van der Waals surface area (Å²) in [5.74, 6) is -1.21. The van der Waals surface area contributed by atoms with Gasteiger partial charge in [0.1, 0.15) is 11.6 Å². The van der Waals surface area contributed by atoms with Crippen LogP contribution in [0.1, 0.15) is 5.56 Å². The molecule has 0 spiro atoms. The van der Waals surface area contributed by atoms with Crippen molar-refractivity contribution >= 4 is 0 Å². The summed E-state index contributed by atoms with van der Waals surface area (Å²) in [4.78, 5) is 4.34. The number of hydrogen-bond acceptors (Lipinski definition) is 1. The van der Waals surface area contributed by atoms with Crippen LogP contribution in [-0.4, -0.2) is 4.98 Å². The van der Waals surface area contributed by atoms with Gasteiger partial charge in [-0.25, -0.2) is 8.78 Å². The van der Waals surface area contributed by atoms with Crippen LogP contribution in [0.25, 0.3) is 22.4 Å². The minimum absolute atomic E-state index is 0.440. The standard InChI is InChI=1S/C18H13F2N/c1-12-7-8-21-18(14-9-15(19)11-16(20)10-14)17(12)13-5-3-2-4-6-13/h2-11H,1H3. The maximum atomic E-state index is 13.5. The molecule has 3 aromatic rings. The summed E-state index contributed by atoms with van der Waals surface area (Å²) in [5, 5.41) is 0. The molecule has 1 heterocycles. The van der Waals surface area contributed by atoms with Crippen molar-refractivity contribution in [2.45, 2.75) is 6.92 Å². The van der Waals surface area contributed by atoms with Crippen molar-refractivity contribution in [3.63, 3.8) is 0 Å². The quantitative estimate of drug-likeness (QED) is 0.644. The molecule has 0 aliphatic rings. The van der Waals surface area contributed by atoms with Gasteiger partial charge < -0.3 is 0 Å². The van der Waals surface area contributed by atoms with Crippen LogP contribution in [0.5, 0.6) is 0 Å². The van der Waals surface area contributed by atoms with E-state index in [-0.39, 0.29) is 0 Å². The second-order valence-corrected chi connectivity index (χ2v) is 4.88. The average molecular weight is 281 g/mol. The Bertz CT molecular complexity index is 762. The topological polar surface area (TPSA) is 12.9 Å². The Balaban J connectivity index is 2.26. The Kier molecular flexibility index (Phi) is 3.48. The Morgan fingerprint density at radius 3 is 2.14 bits per heavy atom. The smallest absolute Gasteiger partial charge is 0.126 e. The summed E-state index contributed by atoms with van der Waals surface area (Å²) in [5.41, 5.74) is 3.90. The van der Waals surface area contributed by atoms with Gasteiger partial charge in [-0.2, -0.15) is 0 Å². The monoisotopic (exact) mass is 281 g/mol. The highest BCUT2D eigenvalue weighted by Gasteiger charge is 2.13. The third-order valence-electron chi connectivity index (χ3n) is 3.36. The van der Waals surface area contributed by atoms with Crippen molar-refractivity contribution in [2.75, 3.05) is 0 Å². The van der Waals surface area contributed by atoms with Crippen LogP contribution < -0.4 is 0 Å². The molecular weight excluding hydrogens is 268 g/mol. The minimum atomic E-state index is -0.604. The van der Waals surface area contributed by atoms with Crippen molar-refractivity contribution in [1.29, 1.82) is 0 Å². The van der Waals surface area contributed by atoms with Crippen LogP contribution >= 0.6 is 0 Å². The van der Waals surface area contributed by atoms with Crippen LogP contribution in [0, 0.1) is 18.6 Å². The summed E-state index contributed by atoms with van der Waals surface area (Å²) < 4.78 is 27.0. The summed E-state index contributed by atoms with van der Waals surface area (Å²) in [6.07, 6.45) is 1.65. The van der Waals surface area contributed by atoms with Gasteiger partial charge in [0.2, 0.25) is 0 Å². The summed E-state index contributed by atoms with van der Waals surface area (Å²) in [6, 6.07) is 15.1. The van der Waals surface area contributed by atoms with Gasteiger partial charge in [0.05, 0.1) is 5.69 Å². The van der Waals surface area contributed by atoms with Crippen molar-refractivity contribution in [1.82, 2.24) is 4.98 Å². The molecule has 1 aromatic heterocycles. The Hall–Kier alpha value is -2.55. The number of benzene rings is 2. The fourth-order valence-electron chi connectivity index (χ4n) is 2.44. The molecule has 0 aliphatic heterocycles. The van der Waals surface area contributed by atoms with E-state index in [1.165, 1.54) is 12.1 Å². The number of pyridine rings is 1. The number of hydrogen-bond donors (Lipinski definition) is 0. The van der Waals surface area contributed by atoms with E-state index in [4.69, 9.17) is 0 Å². The molecule has 0 fully saturated rings. The predicted molar refractivity (Wildman–Crippen MR) is 79.8 cm³/mol. The van der Waals surface area contributed by atoms with E-state index >= 15 is 0 Å². The highest BCUT2D eigenvalue weighted by atomic mass is 19.1. The number of rotatable bonds is 2. The molecule has 104 valence electrons. The maximum absolute atomic E-state index is 13.5. The summed E-state index contributed by atoms with van der Waals surface area (Å²) in [7, 11) is 0. The lowest BCUT2D eigenvalue weighted by atomic mass is 9.95. The second-order valence-electron chi connectivity index (χ2n) is 4.88. The largest absolute Gasteiger partial charge is 0.256 e. The van der Waals surface area contributed by atoms with Gasteiger partial charge in [-0.15, -0.1) is 0 Å². The lowest BCUT2D eigenvalue weighted by Gasteiger charge is -2.12. The average Bonchev–Trinajstić information content (AvgIpc) is 2.47. The fourth-order valence-corrected chi connectivity index (χ4v) is 2.44. The molecule has 3 rings (SSSR count). The van der Waals surface area contributed by atoms with Gasteiger partial charge in [-0.05, 0) is 36.2 Å². The van der Waals surface area contributed by atoms with Crippen LogP contribution in [0.4, 0.5) is 8.78 Å². The first kappa shape index (κ1) is 13.4. The molecule has 0 saturated heterocycles. The van der Waals surface area contributed by atoms with Crippen molar-refractivity contribution in [3.05, 3.63) is 78.0 Å². The maximum Gasteiger partial charge on any atom is 0.126 e. The van der Waals surface area contributed by atoms with Gasteiger partial charge in [0.25, 0.3) is 0 Å². The molecule has 0 bridgehead atoms. The molecule has 0 radical (unpaired) electrons. The normalized spacial score (nSPS) is 10.6. The van der Waals surface area contributed by atoms with E-state index < -0.39 is 11.6 Å². The van der Waals surface area contributed by atoms with Crippen LogP contribution in [0.3, 0.4) is 0 Å². The van der Waals surface area contributed by atoms with Gasteiger partial charge in [0.15, 0.2) is 0 Å². The molecule has 0 atom stereocenters. The summed E-state index contributed by atoms with van der Waals surface area (Å²) >= 11 is 0. The zero-order chi connectivity index (χ0) is 14.8. The minimum Gasteiger partial charge on any atom is -0.256 e. The zero-order valence-corrected chi connectivity index (χ0v) is 11.5. The number of nitrogens with zero attached hydrogens (tertiary/aromatic N) is 1. The molecule has 0 amide bonds. The van der Waals surface area contributed by atoms with Crippen molar-refractivity contribution in [2.24, 2.45) is 0 Å². The third-order valence-corrected chi connectivity index (χ3v) is 3.36. The molecule has 3 heteroatoms. The van der Waals surface area contributed by atoms with E-state index in [1.54, 1.807) is 6.20 Å². The van der Waals surface area contributed by atoms with Crippen LogP contribution in [0.15, 0.2) is 60.8 Å². The first-order valence-corrected chi connectivity index (χ1v) is 6.62. The molecule has 0 saturated carbocycles. The SMILES string of the molecule is Cc1ccnc(-c2cc(F)cc(F)c2)c1-c1ccccc1. The molecule has 21 heavy (non-hydrogen) atoms. The number of halogens is 2. The third kappa shape index (κ3) is 2.68. The van der Waals surface area contributed by atoms with Gasteiger partial charge >= 0.3 is 0 Å². The van der Waals surface area contributed by atoms with Gasteiger partial charge in [-0.3, -0.25) is 4.98 Å². The molecule has 0 unspecified atom stereocenters. The lowest BCUT2D eigenvalue weighted by molar-refractivity contribution is 0.584. The van der Waals surface area contributed by atoms with E-state index in [0.29, 0.717) is 11.3 Å². The van der Waals surface area contributed by atoms with Gasteiger partial charge in [0, 0.05) is 23.4 Å². The molecule has 2 aromatic carbocycles. The van der Waals surface area contributed by atoms with E-state index in [9.17, 15) is 8.78 Å². The molecule has 0 aliphatic carbocycles. The first-order chi connectivity index (χ1) is 10.1. The van der Waals surface area contributed by atoms with Crippen molar-refractivity contribution < 1.29 is 8.78 Å². The zero-order valence-electron chi connectivity index (χ0n) is 11.5. The lowest BCUT2D eigenvalue weighted by Crippen LogP contribution is -1.94. The first-order valence-electron chi connectivity index (χ1n) is 6.62. The highest BCUT2D eigenvalue weighted by molar-refractivity contribution is 5.82. The van der Waals surface area contributed by atoms with Crippen LogP contribution in [0.2, 0.25) is 0 Å². The molecular formula is C18H13F2N. The van der Waals surface area contributed by atoms with E-state index in [0.717, 1.165) is 22.8 Å². The van der Waals surface area contributed by atoms with Crippen molar-refractivity contribution in [3.8, 4) is 22.4 Å². The Morgan fingerprint density at radius 1 is 0.810 bits per heavy atom. The molecule has 0 N–H and O–H groups in total. The van der Waals surface area contributed by atoms with Crippen LogP contribution in [-0.2, 0) is 0 Å². The molecule has 1 nitrogen and oxygen atoms in total. The van der Waals surface area contributed by atoms with Gasteiger partial charge in [-0.1, -0.05) is 30.3 Å². The van der Waals surface area contributed by atoms with E-state index in [2.05, 4.69) is 4.98 Å². The highest BCUT2D eigenvalue weighted by Crippen LogP contribution is 2.33. The summed E-state index contributed by atoms with van der Waals surface area (Å²) in [6.45, 7) is 1.96. The number of aryl methyl sites for hydroxylation is 1. The second kappa shape index (κ2) is 5.44. The number of aromatic nitrogens is 1.